The van der Waals surface area contributed by atoms with Crippen LogP contribution in [0.25, 0.3) is 0 Å². The van der Waals surface area contributed by atoms with Crippen LogP contribution >= 0.6 is 23.5 Å². The first-order valence-corrected chi connectivity index (χ1v) is 12.0. The van der Waals surface area contributed by atoms with E-state index in [1.54, 1.807) is 0 Å². The highest BCUT2D eigenvalue weighted by atomic mass is 32.2. The van der Waals surface area contributed by atoms with Gasteiger partial charge in [-0.3, -0.25) is 4.79 Å². The number of amides is 1. The normalized spacial score (nSPS) is 23.2. The molecule has 5 heteroatoms. The van der Waals surface area contributed by atoms with Gasteiger partial charge in [0.2, 0.25) is 0 Å². The summed E-state index contributed by atoms with van der Waals surface area (Å²) in [5.41, 5.74) is 11.5. The average molecular weight is 410 g/mol. The number of thioether (sulfide) groups is 2. The number of nitrogens with two attached hydrogens (primary N) is 1. The van der Waals surface area contributed by atoms with Crippen LogP contribution in [-0.2, 0) is 0 Å². The molecule has 0 saturated carbocycles. The molecule has 1 aromatic carbocycles. The van der Waals surface area contributed by atoms with Gasteiger partial charge in [-0.05, 0) is 80.7 Å². The number of anilines is 1. The molecular formula is C22H36N2OS2. The van der Waals surface area contributed by atoms with Crippen LogP contribution in [0.4, 0.5) is 5.69 Å². The van der Waals surface area contributed by atoms with Crippen molar-refractivity contribution in [1.82, 2.24) is 4.90 Å². The minimum absolute atomic E-state index is 0.0676. The molecule has 1 aromatic rings. The lowest BCUT2D eigenvalue weighted by atomic mass is 9.91. The highest BCUT2D eigenvalue weighted by Crippen LogP contribution is 2.41. The maximum atomic E-state index is 13.9. The van der Waals surface area contributed by atoms with Crippen LogP contribution < -0.4 is 5.73 Å². The minimum atomic E-state index is 0.0676. The van der Waals surface area contributed by atoms with E-state index in [9.17, 15) is 4.79 Å². The third-order valence-corrected chi connectivity index (χ3v) is 8.94. The van der Waals surface area contributed by atoms with Crippen molar-refractivity contribution in [3.05, 3.63) is 27.8 Å². The quantitative estimate of drug-likeness (QED) is 0.492. The Morgan fingerprint density at radius 3 is 2.26 bits per heavy atom. The number of nitrogen functional groups attached to an aromatic ring is 1. The maximum Gasteiger partial charge on any atom is 0.256 e. The van der Waals surface area contributed by atoms with Gasteiger partial charge >= 0.3 is 0 Å². The van der Waals surface area contributed by atoms with Crippen LogP contribution in [-0.4, -0.2) is 39.0 Å². The molecule has 2 rings (SSSR count). The lowest BCUT2D eigenvalue weighted by molar-refractivity contribution is 0.0680. The van der Waals surface area contributed by atoms with Crippen molar-refractivity contribution in [3.63, 3.8) is 0 Å². The third-order valence-electron chi connectivity index (χ3n) is 6.17. The Kier molecular flexibility index (Phi) is 7.07. The Morgan fingerprint density at radius 1 is 1.15 bits per heavy atom. The number of carbonyl (C=O) groups excluding carboxylic acids is 1. The van der Waals surface area contributed by atoms with Gasteiger partial charge in [0.1, 0.15) is 0 Å². The Morgan fingerprint density at radius 2 is 1.74 bits per heavy atom. The lowest BCUT2D eigenvalue weighted by Gasteiger charge is -2.35. The molecular weight excluding hydrogens is 372 g/mol. The van der Waals surface area contributed by atoms with Gasteiger partial charge in [0.05, 0.1) is 16.2 Å². The van der Waals surface area contributed by atoms with Gasteiger partial charge in [-0.1, -0.05) is 20.8 Å². The van der Waals surface area contributed by atoms with Crippen molar-refractivity contribution in [1.29, 1.82) is 0 Å². The van der Waals surface area contributed by atoms with Gasteiger partial charge in [-0.2, -0.15) is 0 Å². The molecule has 0 aromatic heterocycles. The van der Waals surface area contributed by atoms with E-state index >= 15 is 0 Å². The standard InChI is InChI=1S/C22H36N2OS2/c1-9-26-22(27-10-2)18-11-12(3)17(8)24(18)21(25)19-15(6)13(4)14(5)16(7)20(19)23/h12,17-18,22H,9-11,23H2,1-8H3/t12?,17?,18-/m0/s1/i5D. The fourth-order valence-electron chi connectivity index (χ4n) is 4.10. The van der Waals surface area contributed by atoms with E-state index in [-0.39, 0.29) is 24.9 Å². The molecule has 1 heterocycles. The number of likely N-dealkylation sites (tertiary alicyclic amines) is 1. The Labute approximate surface area is 175 Å². The zero-order valence-corrected chi connectivity index (χ0v) is 19.5. The molecule has 2 N–H and O–H groups in total. The van der Waals surface area contributed by atoms with E-state index in [0.29, 0.717) is 21.8 Å². The maximum absolute atomic E-state index is 13.9. The molecule has 0 spiro atoms. The van der Waals surface area contributed by atoms with Crippen molar-refractivity contribution in [2.45, 2.75) is 78.5 Å². The number of rotatable bonds is 6. The Hall–Kier alpha value is -0.810. The minimum Gasteiger partial charge on any atom is -0.398 e. The number of nitrogens with zero attached hydrogens (tertiary/aromatic N) is 1. The van der Waals surface area contributed by atoms with Crippen molar-refractivity contribution in [2.75, 3.05) is 17.2 Å². The predicted molar refractivity (Wildman–Crippen MR) is 123 cm³/mol. The third kappa shape index (κ3) is 4.14. The van der Waals surface area contributed by atoms with Gasteiger partial charge < -0.3 is 10.6 Å². The number of carbonyl (C=O) groups is 1. The van der Waals surface area contributed by atoms with Crippen molar-refractivity contribution < 1.29 is 6.17 Å². The summed E-state index contributed by atoms with van der Waals surface area (Å²) in [6, 6.07) is 0.424. The monoisotopic (exact) mass is 409 g/mol. The summed E-state index contributed by atoms with van der Waals surface area (Å²) in [6.07, 6.45) is 1.04. The van der Waals surface area contributed by atoms with Gasteiger partial charge in [0.25, 0.3) is 5.91 Å². The van der Waals surface area contributed by atoms with E-state index < -0.39 is 0 Å². The van der Waals surface area contributed by atoms with Crippen LogP contribution in [0.15, 0.2) is 0 Å². The topological polar surface area (TPSA) is 46.3 Å². The summed E-state index contributed by atoms with van der Waals surface area (Å²) in [4.78, 5) is 16.0. The summed E-state index contributed by atoms with van der Waals surface area (Å²) in [5.74, 6) is 2.65. The van der Waals surface area contributed by atoms with Gasteiger partial charge in [-0.25, -0.2) is 0 Å². The van der Waals surface area contributed by atoms with Crippen LogP contribution in [0.1, 0.15) is 68.1 Å². The summed E-state index contributed by atoms with van der Waals surface area (Å²) in [6.45, 7) is 14.9. The SMILES string of the molecule is [2H]Cc1c(C)c(C)c(C(=O)N2C(C)C(C)C[C@H]2C(SCC)SCC)c(N)c1C. The van der Waals surface area contributed by atoms with Crippen LogP contribution in [0, 0.1) is 33.6 Å². The van der Waals surface area contributed by atoms with E-state index in [4.69, 9.17) is 7.10 Å². The van der Waals surface area contributed by atoms with E-state index in [0.717, 1.165) is 40.2 Å². The van der Waals surface area contributed by atoms with Gasteiger partial charge in [0, 0.05) is 13.1 Å². The molecule has 3 atom stereocenters. The number of hydrogen-bond donors (Lipinski definition) is 1. The van der Waals surface area contributed by atoms with E-state index in [2.05, 4.69) is 32.6 Å². The first kappa shape index (κ1) is 20.9. The van der Waals surface area contributed by atoms with Crippen LogP contribution in [0.3, 0.4) is 0 Å². The molecule has 1 aliphatic rings. The summed E-state index contributed by atoms with van der Waals surface area (Å²) < 4.78 is 8.24. The first-order valence-electron chi connectivity index (χ1n) is 10.6. The van der Waals surface area contributed by atoms with Crippen LogP contribution in [0.2, 0.25) is 0 Å². The molecule has 27 heavy (non-hydrogen) atoms. The first-order chi connectivity index (χ1) is 13.2. The summed E-state index contributed by atoms with van der Waals surface area (Å²) in [5, 5.41) is 0. The number of benzene rings is 1. The second kappa shape index (κ2) is 9.13. The van der Waals surface area contributed by atoms with E-state index in [1.807, 2.05) is 44.3 Å². The van der Waals surface area contributed by atoms with Crippen molar-refractivity contribution in [2.24, 2.45) is 5.92 Å². The fourth-order valence-corrected chi connectivity index (χ4v) is 6.88. The average Bonchev–Trinajstić information content (AvgIpc) is 2.95. The summed E-state index contributed by atoms with van der Waals surface area (Å²) >= 11 is 3.90. The number of hydrogen-bond acceptors (Lipinski definition) is 4. The highest BCUT2D eigenvalue weighted by molar-refractivity contribution is 8.17. The molecule has 152 valence electrons. The summed E-state index contributed by atoms with van der Waals surface area (Å²) in [7, 11) is 0. The molecule has 1 aliphatic heterocycles. The molecule has 1 saturated heterocycles. The van der Waals surface area contributed by atoms with Crippen LogP contribution in [0.5, 0.6) is 0 Å². The molecule has 0 bridgehead atoms. The molecule has 3 nitrogen and oxygen atoms in total. The fraction of sp³-hybridized carbons (Fsp3) is 0.682. The Bertz CT molecular complexity index is 690. The molecule has 2 unspecified atom stereocenters. The molecule has 0 radical (unpaired) electrons. The van der Waals surface area contributed by atoms with Gasteiger partial charge in [-0.15, -0.1) is 23.5 Å². The highest BCUT2D eigenvalue weighted by Gasteiger charge is 2.44. The largest absolute Gasteiger partial charge is 0.398 e. The van der Waals surface area contributed by atoms with Crippen molar-refractivity contribution >= 4 is 35.1 Å². The second-order valence-corrected chi connectivity index (χ2v) is 10.8. The van der Waals surface area contributed by atoms with Crippen molar-refractivity contribution in [3.8, 4) is 0 Å². The molecule has 0 aliphatic carbocycles. The Balaban J connectivity index is 2.53. The zero-order chi connectivity index (χ0) is 21.2. The molecule has 1 fully saturated rings. The van der Waals surface area contributed by atoms with E-state index in [1.165, 1.54) is 0 Å². The van der Waals surface area contributed by atoms with Gasteiger partial charge in [0.15, 0.2) is 0 Å². The lowest BCUT2D eigenvalue weighted by Crippen LogP contribution is -2.45. The smallest absolute Gasteiger partial charge is 0.256 e. The molecule has 1 amide bonds. The second-order valence-electron chi connectivity index (χ2n) is 7.65. The predicted octanol–water partition coefficient (Wildman–Crippen LogP) is 5.57. The zero-order valence-electron chi connectivity index (χ0n) is 18.9.